The van der Waals surface area contributed by atoms with Crippen LogP contribution in [0.3, 0.4) is 0 Å². The fourth-order valence-electron chi connectivity index (χ4n) is 4.39. The van der Waals surface area contributed by atoms with Crippen LogP contribution in [0.5, 0.6) is 0 Å². The molecule has 2 aromatic heterocycles. The van der Waals surface area contributed by atoms with Crippen LogP contribution in [0.4, 0.5) is 0 Å². The molecule has 176 valence electrons. The second-order valence-electron chi connectivity index (χ2n) is 11.6. The Morgan fingerprint density at radius 2 is 1.32 bits per heavy atom. The van der Waals surface area contributed by atoms with Crippen molar-refractivity contribution in [2.75, 3.05) is 0 Å². The number of fused-ring (bicyclic) bond motifs is 1. The molecule has 0 aliphatic carbocycles. The van der Waals surface area contributed by atoms with Crippen molar-refractivity contribution < 1.29 is 4.57 Å². The zero-order valence-corrected chi connectivity index (χ0v) is 22.3. The van der Waals surface area contributed by atoms with E-state index in [2.05, 4.69) is 117 Å². The van der Waals surface area contributed by atoms with Crippen LogP contribution in [0.25, 0.3) is 33.4 Å². The first kappa shape index (κ1) is 24.0. The van der Waals surface area contributed by atoms with Crippen molar-refractivity contribution in [3.8, 4) is 22.6 Å². The Morgan fingerprint density at radius 1 is 0.706 bits per heavy atom. The summed E-state index contributed by atoms with van der Waals surface area (Å²) in [5, 5.41) is 2.35. The molecular weight excluding hydrogens is 416 g/mol. The second-order valence-corrected chi connectivity index (χ2v) is 11.6. The number of rotatable bonds is 2. The molecule has 0 bridgehead atoms. The highest BCUT2D eigenvalue weighted by molar-refractivity contribution is 6.01. The molecule has 2 heterocycles. The molecule has 0 aliphatic heterocycles. The van der Waals surface area contributed by atoms with Crippen LogP contribution >= 0.6 is 0 Å². The first-order chi connectivity index (χ1) is 15.8. The zero-order chi connectivity index (χ0) is 25.0. The molecule has 0 saturated heterocycles. The Morgan fingerprint density at radius 3 is 1.91 bits per heavy atom. The number of nitrogens with zero attached hydrogens (tertiary/aromatic N) is 4. The molecule has 4 nitrogen and oxygen atoms in total. The van der Waals surface area contributed by atoms with Gasteiger partial charge in [-0.3, -0.25) is 0 Å². The topological polar surface area (TPSA) is 42.6 Å². The van der Waals surface area contributed by atoms with Gasteiger partial charge in [-0.05, 0) is 44.0 Å². The summed E-state index contributed by atoms with van der Waals surface area (Å²) in [6.07, 6.45) is 2.15. The van der Waals surface area contributed by atoms with Crippen LogP contribution < -0.4 is 4.57 Å². The minimum absolute atomic E-state index is 0.171. The Labute approximate surface area is 204 Å². The maximum atomic E-state index is 4.98. The Balaban J connectivity index is 2.06. The van der Waals surface area contributed by atoms with Crippen molar-refractivity contribution in [1.29, 1.82) is 0 Å². The van der Waals surface area contributed by atoms with Gasteiger partial charge in [0.25, 0.3) is 0 Å². The third kappa shape index (κ3) is 4.34. The number of pyridine rings is 1. The molecule has 0 N–H and O–H groups in total. The molecule has 4 rings (SSSR count). The van der Waals surface area contributed by atoms with E-state index in [0.717, 1.165) is 28.4 Å². The standard InChI is InChI=1S/C30H37N4/c1-18-16-19(2)20(3)24(17-18)25-22-12-11-13-23(21(22)14-15-34(25)10)26-31-27(29(4,5)6)33-28(32-26)30(7,8)9/h11-17H,1-10H3/q+1. The summed E-state index contributed by atoms with van der Waals surface area (Å²) in [7, 11) is 2.12. The molecule has 4 aromatic rings. The summed E-state index contributed by atoms with van der Waals surface area (Å²) in [6.45, 7) is 19.5. The van der Waals surface area contributed by atoms with Gasteiger partial charge >= 0.3 is 0 Å². The first-order valence-corrected chi connectivity index (χ1v) is 12.0. The highest BCUT2D eigenvalue weighted by atomic mass is 15.1. The van der Waals surface area contributed by atoms with E-state index in [1.807, 2.05) is 0 Å². The number of hydrogen-bond acceptors (Lipinski definition) is 3. The molecule has 0 amide bonds. The molecule has 0 unspecified atom stereocenters. The monoisotopic (exact) mass is 453 g/mol. The first-order valence-electron chi connectivity index (χ1n) is 12.0. The molecule has 0 radical (unpaired) electrons. The van der Waals surface area contributed by atoms with E-state index in [1.165, 1.54) is 33.3 Å². The Kier molecular flexibility index (Phi) is 5.83. The summed E-state index contributed by atoms with van der Waals surface area (Å²) in [5.74, 6) is 2.39. The van der Waals surface area contributed by atoms with Gasteiger partial charge in [0.05, 0.1) is 10.9 Å². The fraction of sp³-hybridized carbons (Fsp3) is 0.400. The number of aromatic nitrogens is 4. The molecule has 0 saturated carbocycles. The number of aryl methyl sites for hydroxylation is 3. The van der Waals surface area contributed by atoms with Crippen LogP contribution in [-0.4, -0.2) is 15.0 Å². The molecule has 0 aliphatic rings. The smallest absolute Gasteiger partial charge is 0.217 e. The summed E-state index contributed by atoms with van der Waals surface area (Å²) < 4.78 is 2.22. The van der Waals surface area contributed by atoms with Crippen LogP contribution in [0.15, 0.2) is 42.6 Å². The minimum atomic E-state index is -0.171. The van der Waals surface area contributed by atoms with Crippen molar-refractivity contribution in [2.24, 2.45) is 7.05 Å². The zero-order valence-electron chi connectivity index (χ0n) is 22.3. The summed E-state index contributed by atoms with van der Waals surface area (Å²) in [4.78, 5) is 14.8. The lowest BCUT2D eigenvalue weighted by atomic mass is 9.92. The summed E-state index contributed by atoms with van der Waals surface area (Å²) >= 11 is 0. The van der Waals surface area contributed by atoms with Gasteiger partial charge in [-0.25, -0.2) is 19.5 Å². The maximum absolute atomic E-state index is 4.98. The predicted molar refractivity (Wildman–Crippen MR) is 141 cm³/mol. The van der Waals surface area contributed by atoms with Crippen molar-refractivity contribution in [3.63, 3.8) is 0 Å². The average molecular weight is 454 g/mol. The predicted octanol–water partition coefficient (Wildman–Crippen LogP) is 6.70. The molecule has 0 fully saturated rings. The van der Waals surface area contributed by atoms with Gasteiger partial charge in [-0.15, -0.1) is 0 Å². The van der Waals surface area contributed by atoms with Crippen molar-refractivity contribution in [1.82, 2.24) is 15.0 Å². The van der Waals surface area contributed by atoms with Gasteiger partial charge in [0.15, 0.2) is 12.0 Å². The van der Waals surface area contributed by atoms with E-state index >= 15 is 0 Å². The quantitative estimate of drug-likeness (QED) is 0.317. The lowest BCUT2D eigenvalue weighted by Crippen LogP contribution is -2.31. The highest BCUT2D eigenvalue weighted by Crippen LogP contribution is 2.35. The van der Waals surface area contributed by atoms with Crippen molar-refractivity contribution in [2.45, 2.75) is 73.1 Å². The SMILES string of the molecule is Cc1cc(C)c(C)c(-c2c3cccc(-c4nc(C(C)(C)C)nc(C(C)(C)C)n4)c3cc[n+]2C)c1. The van der Waals surface area contributed by atoms with Crippen LogP contribution in [0.1, 0.15) is 69.9 Å². The molecule has 0 atom stereocenters. The Bertz CT molecular complexity index is 1370. The third-order valence-electron chi connectivity index (χ3n) is 6.46. The highest BCUT2D eigenvalue weighted by Gasteiger charge is 2.27. The normalized spacial score (nSPS) is 12.4. The van der Waals surface area contributed by atoms with Gasteiger partial charge in [-0.1, -0.05) is 65.3 Å². The van der Waals surface area contributed by atoms with E-state index in [4.69, 9.17) is 15.0 Å². The lowest BCUT2D eigenvalue weighted by Gasteiger charge is -2.23. The van der Waals surface area contributed by atoms with Crippen molar-refractivity contribution >= 4 is 10.8 Å². The van der Waals surface area contributed by atoms with Crippen LogP contribution in [-0.2, 0) is 17.9 Å². The van der Waals surface area contributed by atoms with E-state index in [1.54, 1.807) is 0 Å². The number of hydrogen-bond donors (Lipinski definition) is 0. The van der Waals surface area contributed by atoms with Crippen LogP contribution in [0, 0.1) is 20.8 Å². The van der Waals surface area contributed by atoms with Gasteiger partial charge in [0.2, 0.25) is 5.69 Å². The molecule has 0 spiro atoms. The minimum Gasteiger partial charge on any atom is -0.217 e. The Hall–Kier alpha value is -3.14. The molecule has 34 heavy (non-hydrogen) atoms. The summed E-state index contributed by atoms with van der Waals surface area (Å²) in [6, 6.07) is 13.2. The van der Waals surface area contributed by atoms with Gasteiger partial charge in [0.1, 0.15) is 18.7 Å². The average Bonchev–Trinajstić information content (AvgIpc) is 2.74. The molecular formula is C30H37N4+. The fourth-order valence-corrected chi connectivity index (χ4v) is 4.39. The lowest BCUT2D eigenvalue weighted by molar-refractivity contribution is -0.659. The van der Waals surface area contributed by atoms with E-state index in [9.17, 15) is 0 Å². The molecule has 2 aromatic carbocycles. The second kappa shape index (κ2) is 8.26. The van der Waals surface area contributed by atoms with Gasteiger partial charge in [-0.2, -0.15) is 0 Å². The van der Waals surface area contributed by atoms with Crippen molar-refractivity contribution in [3.05, 3.63) is 70.9 Å². The van der Waals surface area contributed by atoms with Crippen LogP contribution in [0.2, 0.25) is 0 Å². The maximum Gasteiger partial charge on any atom is 0.220 e. The third-order valence-corrected chi connectivity index (χ3v) is 6.46. The van der Waals surface area contributed by atoms with Gasteiger partial charge < -0.3 is 0 Å². The van der Waals surface area contributed by atoms with E-state index in [0.29, 0.717) is 0 Å². The molecule has 4 heteroatoms. The van der Waals surface area contributed by atoms with Gasteiger partial charge in [0, 0.05) is 27.8 Å². The summed E-state index contributed by atoms with van der Waals surface area (Å²) in [5.41, 5.74) is 7.07. The largest absolute Gasteiger partial charge is 0.220 e. The van der Waals surface area contributed by atoms with E-state index < -0.39 is 0 Å². The number of benzene rings is 2. The van der Waals surface area contributed by atoms with E-state index in [-0.39, 0.29) is 10.8 Å².